The number of likely N-dealkylation sites (N-methyl/N-ethyl adjacent to an activating group) is 1. The zero-order valence-electron chi connectivity index (χ0n) is 26.7. The van der Waals surface area contributed by atoms with Crippen molar-refractivity contribution < 1.29 is 41.0 Å². The van der Waals surface area contributed by atoms with Crippen LogP contribution in [0.1, 0.15) is 37.3 Å². The summed E-state index contributed by atoms with van der Waals surface area (Å²) in [6.45, 7) is 2.77. The molecule has 0 saturated carbocycles. The predicted molar refractivity (Wildman–Crippen MR) is 173 cm³/mol. The van der Waals surface area contributed by atoms with Gasteiger partial charge in [-0.05, 0) is 74.6 Å². The first-order chi connectivity index (χ1) is 22.8. The van der Waals surface area contributed by atoms with Crippen molar-refractivity contribution in [1.29, 1.82) is 0 Å². The van der Waals surface area contributed by atoms with Crippen LogP contribution in [0.2, 0.25) is 0 Å². The number of carboxylic acid groups (broad SMARTS) is 1. The molecular formula is C34H39F3N4O6S. The maximum Gasteiger partial charge on any atom is 0.407 e. The number of nitrogens with zero attached hydrogens (tertiary/aromatic N) is 2. The van der Waals surface area contributed by atoms with Gasteiger partial charge in [-0.2, -0.15) is 4.31 Å². The van der Waals surface area contributed by atoms with Crippen LogP contribution in [-0.2, 0) is 31.4 Å². The van der Waals surface area contributed by atoms with E-state index in [1.165, 1.54) is 41.7 Å². The van der Waals surface area contributed by atoms with Crippen LogP contribution in [0.3, 0.4) is 0 Å². The van der Waals surface area contributed by atoms with Gasteiger partial charge in [0.15, 0.2) is 0 Å². The van der Waals surface area contributed by atoms with Gasteiger partial charge in [0.1, 0.15) is 23.5 Å². The lowest BCUT2D eigenvalue weighted by atomic mass is 9.67. The van der Waals surface area contributed by atoms with Gasteiger partial charge in [-0.15, -0.1) is 0 Å². The number of hydrogen-bond acceptors (Lipinski definition) is 6. The van der Waals surface area contributed by atoms with E-state index in [2.05, 4.69) is 10.6 Å². The minimum Gasteiger partial charge on any atom is -0.465 e. The number of rotatable bonds is 10. The number of benzene rings is 3. The Morgan fingerprint density at radius 3 is 2.35 bits per heavy atom. The van der Waals surface area contributed by atoms with Gasteiger partial charge in [0.2, 0.25) is 15.9 Å². The SMILES string of the molecule is C[C@@H]1CNC[C@H](CCc2c(F)cccc2NC(=O)[C@@H](N(C)C(=O)O)C2(c3cc(F)cc(F)c3)CCOCC2)N1S(=O)(=O)c1ccccc1. The second-order valence-corrected chi connectivity index (χ2v) is 14.2. The highest BCUT2D eigenvalue weighted by Crippen LogP contribution is 2.41. The number of halogens is 3. The largest absolute Gasteiger partial charge is 0.465 e. The third-order valence-electron chi connectivity index (χ3n) is 9.32. The van der Waals surface area contributed by atoms with Gasteiger partial charge in [-0.1, -0.05) is 24.3 Å². The summed E-state index contributed by atoms with van der Waals surface area (Å²) >= 11 is 0. The molecule has 0 spiro atoms. The fraction of sp³-hybridized carbons (Fsp3) is 0.412. The van der Waals surface area contributed by atoms with E-state index in [4.69, 9.17) is 4.74 Å². The number of sulfonamides is 1. The van der Waals surface area contributed by atoms with E-state index in [1.54, 1.807) is 25.1 Å². The van der Waals surface area contributed by atoms with E-state index >= 15 is 4.39 Å². The molecule has 3 aromatic carbocycles. The van der Waals surface area contributed by atoms with Gasteiger partial charge in [0, 0.05) is 68.2 Å². The average Bonchev–Trinajstić information content (AvgIpc) is 3.05. The summed E-state index contributed by atoms with van der Waals surface area (Å²) in [4.78, 5) is 27.5. The number of anilines is 1. The van der Waals surface area contributed by atoms with Crippen LogP contribution in [0.4, 0.5) is 23.7 Å². The van der Waals surface area contributed by atoms with E-state index in [0.717, 1.165) is 17.0 Å². The summed E-state index contributed by atoms with van der Waals surface area (Å²) < 4.78 is 78.8. The van der Waals surface area contributed by atoms with Crippen molar-refractivity contribution in [3.63, 3.8) is 0 Å². The molecule has 258 valence electrons. The first-order valence-corrected chi connectivity index (χ1v) is 17.2. The standard InChI is InChI=1S/C34H39F3N4O6S/c1-22-20-38-21-26(41(22)48(45,46)27-7-4-3-5-8-27)11-12-28-29(37)9-6-10-30(28)39-32(42)31(40(2)33(43)44)34(13-15-47-16-14-34)23-17-24(35)19-25(36)18-23/h3-10,17-19,22,26,31,38H,11-16,20-21H2,1-2H3,(H,39,42)(H,43,44)/t22-,26+,31-/m1/s1. The lowest BCUT2D eigenvalue weighted by molar-refractivity contribution is -0.124. The molecule has 2 aliphatic rings. The number of piperazine rings is 1. The number of hydrogen-bond donors (Lipinski definition) is 3. The second kappa shape index (κ2) is 14.6. The zero-order valence-corrected chi connectivity index (χ0v) is 27.5. The highest BCUT2D eigenvalue weighted by Gasteiger charge is 2.49. The van der Waals surface area contributed by atoms with Gasteiger partial charge < -0.3 is 20.5 Å². The molecule has 3 aromatic rings. The lowest BCUT2D eigenvalue weighted by Gasteiger charge is -2.45. The summed E-state index contributed by atoms with van der Waals surface area (Å²) in [6.07, 6.45) is -1.04. The van der Waals surface area contributed by atoms with Crippen molar-refractivity contribution in [2.24, 2.45) is 0 Å². The summed E-state index contributed by atoms with van der Waals surface area (Å²) in [6, 6.07) is 12.6. The van der Waals surface area contributed by atoms with Crippen molar-refractivity contribution in [1.82, 2.24) is 14.5 Å². The predicted octanol–water partition coefficient (Wildman–Crippen LogP) is 4.75. The molecule has 3 atom stereocenters. The maximum absolute atomic E-state index is 15.5. The van der Waals surface area contributed by atoms with Crippen molar-refractivity contribution >= 4 is 27.7 Å². The molecule has 3 N–H and O–H groups in total. The normalized spacial score (nSPS) is 20.5. The molecule has 2 amide bonds. The Balaban J connectivity index is 1.46. The third kappa shape index (κ3) is 7.21. The highest BCUT2D eigenvalue weighted by atomic mass is 32.2. The summed E-state index contributed by atoms with van der Waals surface area (Å²) in [5, 5.41) is 16.0. The maximum atomic E-state index is 15.5. The van der Waals surface area contributed by atoms with Crippen molar-refractivity contribution in [2.45, 2.75) is 61.0 Å². The summed E-state index contributed by atoms with van der Waals surface area (Å²) in [5.74, 6) is -3.22. The average molecular weight is 689 g/mol. The molecule has 2 saturated heterocycles. The van der Waals surface area contributed by atoms with Gasteiger partial charge in [0.05, 0.1) is 4.90 Å². The van der Waals surface area contributed by atoms with Crippen molar-refractivity contribution in [3.05, 3.63) is 95.3 Å². The van der Waals surface area contributed by atoms with E-state index in [1.807, 2.05) is 0 Å². The Hall–Kier alpha value is -3.98. The number of carbonyl (C=O) groups is 2. The van der Waals surface area contributed by atoms with Crippen LogP contribution in [0.5, 0.6) is 0 Å². The molecule has 0 unspecified atom stereocenters. The molecule has 0 aromatic heterocycles. The smallest absolute Gasteiger partial charge is 0.407 e. The van der Waals surface area contributed by atoms with Crippen LogP contribution >= 0.6 is 0 Å². The van der Waals surface area contributed by atoms with E-state index in [0.29, 0.717) is 19.2 Å². The number of amides is 2. The van der Waals surface area contributed by atoms with Crippen LogP contribution in [0, 0.1) is 17.5 Å². The van der Waals surface area contributed by atoms with E-state index in [9.17, 15) is 31.9 Å². The van der Waals surface area contributed by atoms with Crippen LogP contribution in [0.25, 0.3) is 0 Å². The van der Waals surface area contributed by atoms with Crippen LogP contribution in [0.15, 0.2) is 71.6 Å². The molecule has 2 aliphatic heterocycles. The van der Waals surface area contributed by atoms with Gasteiger partial charge in [-0.25, -0.2) is 26.4 Å². The minimum atomic E-state index is -3.88. The number of carbonyl (C=O) groups excluding carboxylic acids is 1. The van der Waals surface area contributed by atoms with Gasteiger partial charge in [-0.3, -0.25) is 9.69 Å². The molecule has 48 heavy (non-hydrogen) atoms. The first kappa shape index (κ1) is 35.3. The Kier molecular flexibility index (Phi) is 10.8. The first-order valence-electron chi connectivity index (χ1n) is 15.7. The fourth-order valence-electron chi connectivity index (χ4n) is 7.02. The van der Waals surface area contributed by atoms with E-state index < -0.39 is 57.0 Å². The molecule has 5 rings (SSSR count). The number of nitrogens with one attached hydrogen (secondary N) is 2. The van der Waals surface area contributed by atoms with Crippen LogP contribution in [-0.4, -0.2) is 86.2 Å². The Bertz CT molecular complexity index is 1720. The fourth-order valence-corrected chi connectivity index (χ4v) is 8.89. The quantitative estimate of drug-likeness (QED) is 0.281. The number of ether oxygens (including phenoxy) is 1. The second-order valence-electron chi connectivity index (χ2n) is 12.3. The molecule has 0 bridgehead atoms. The van der Waals surface area contributed by atoms with Crippen molar-refractivity contribution in [2.75, 3.05) is 38.7 Å². The molecular weight excluding hydrogens is 649 g/mol. The van der Waals surface area contributed by atoms with Crippen LogP contribution < -0.4 is 10.6 Å². The Morgan fingerprint density at radius 2 is 1.71 bits per heavy atom. The zero-order chi connectivity index (χ0) is 34.6. The highest BCUT2D eigenvalue weighted by molar-refractivity contribution is 7.89. The monoisotopic (exact) mass is 688 g/mol. The lowest BCUT2D eigenvalue weighted by Crippen LogP contribution is -2.59. The summed E-state index contributed by atoms with van der Waals surface area (Å²) in [5.41, 5.74) is -1.08. The van der Waals surface area contributed by atoms with Crippen molar-refractivity contribution in [3.8, 4) is 0 Å². The summed E-state index contributed by atoms with van der Waals surface area (Å²) in [7, 11) is -2.68. The topological polar surface area (TPSA) is 128 Å². The Labute approximate surface area is 277 Å². The molecule has 0 aliphatic carbocycles. The molecule has 10 nitrogen and oxygen atoms in total. The molecule has 2 fully saturated rings. The molecule has 2 heterocycles. The molecule has 0 radical (unpaired) electrons. The van der Waals surface area contributed by atoms with Gasteiger partial charge in [0.25, 0.3) is 0 Å². The molecule has 14 heteroatoms. The van der Waals surface area contributed by atoms with E-state index in [-0.39, 0.29) is 66.6 Å². The Morgan fingerprint density at radius 1 is 1.04 bits per heavy atom. The minimum absolute atomic E-state index is 0.0374. The van der Waals surface area contributed by atoms with Gasteiger partial charge >= 0.3 is 6.09 Å². The third-order valence-corrected chi connectivity index (χ3v) is 11.4.